The van der Waals surface area contributed by atoms with E-state index in [9.17, 15) is 19.4 Å². The number of phosphoric ester groups is 1. The molecule has 3 atom stereocenters. The quantitative estimate of drug-likeness (QED) is 0.0247. The van der Waals surface area contributed by atoms with Crippen LogP contribution >= 0.6 is 7.82 Å². The van der Waals surface area contributed by atoms with Crippen LogP contribution in [0.25, 0.3) is 0 Å². The van der Waals surface area contributed by atoms with E-state index in [0.717, 1.165) is 89.9 Å². The Morgan fingerprint density at radius 3 is 1.52 bits per heavy atom. The molecule has 0 fully saturated rings. The molecule has 3 N–H and O–H groups in total. The third-order valence-corrected chi connectivity index (χ3v) is 10.3. The van der Waals surface area contributed by atoms with E-state index in [4.69, 9.17) is 9.05 Å². The van der Waals surface area contributed by atoms with E-state index in [1.54, 1.807) is 6.08 Å². The number of hydrogen-bond acceptors (Lipinski definition) is 5. The minimum absolute atomic E-state index is 0.0488. The summed E-state index contributed by atoms with van der Waals surface area (Å²) in [5, 5.41) is 13.8. The van der Waals surface area contributed by atoms with Crippen molar-refractivity contribution in [3.05, 3.63) is 97.2 Å². The van der Waals surface area contributed by atoms with Crippen LogP contribution in [-0.4, -0.2) is 73.4 Å². The van der Waals surface area contributed by atoms with Crippen molar-refractivity contribution < 1.29 is 32.9 Å². The number of phosphoric acid groups is 1. The molecule has 0 aliphatic heterocycles. The van der Waals surface area contributed by atoms with Crippen LogP contribution in [0, 0.1) is 0 Å². The molecule has 3 unspecified atom stereocenters. The van der Waals surface area contributed by atoms with Crippen LogP contribution in [0.1, 0.15) is 155 Å². The monoisotopic (exact) mass is 830 g/mol. The lowest BCUT2D eigenvalue weighted by atomic mass is 10.1. The molecule has 0 aliphatic rings. The van der Waals surface area contributed by atoms with Gasteiger partial charge < -0.3 is 19.8 Å². The summed E-state index contributed by atoms with van der Waals surface area (Å²) < 4.78 is 23.5. The highest BCUT2D eigenvalue weighted by molar-refractivity contribution is 7.47. The number of carbonyl (C=O) groups excluding carboxylic acids is 1. The number of quaternary nitrogens is 1. The minimum Gasteiger partial charge on any atom is -0.387 e. The Kier molecular flexibility index (Phi) is 38.1. The summed E-state index contributed by atoms with van der Waals surface area (Å²) in [5.74, 6) is -0.216. The molecule has 1 amide bonds. The molecule has 8 nitrogen and oxygen atoms in total. The summed E-state index contributed by atoms with van der Waals surface area (Å²) in [6.45, 7) is 4.63. The molecule has 0 spiro atoms. The van der Waals surface area contributed by atoms with Crippen molar-refractivity contribution in [3.8, 4) is 0 Å². The van der Waals surface area contributed by atoms with E-state index in [2.05, 4.69) is 104 Å². The number of aliphatic hydroxyl groups is 1. The zero-order valence-electron chi connectivity index (χ0n) is 37.5. The van der Waals surface area contributed by atoms with Crippen LogP contribution in [0.15, 0.2) is 97.2 Å². The molecular weight excluding hydrogens is 744 g/mol. The fourth-order valence-electron chi connectivity index (χ4n) is 5.72. The number of nitrogens with one attached hydrogen (secondary N) is 1. The van der Waals surface area contributed by atoms with Crippen molar-refractivity contribution >= 4 is 13.7 Å². The van der Waals surface area contributed by atoms with Gasteiger partial charge in [0.25, 0.3) is 0 Å². The second-order valence-electron chi connectivity index (χ2n) is 16.0. The van der Waals surface area contributed by atoms with Crippen LogP contribution in [0.2, 0.25) is 0 Å². The van der Waals surface area contributed by atoms with Gasteiger partial charge in [-0.05, 0) is 77.0 Å². The van der Waals surface area contributed by atoms with Gasteiger partial charge in [-0.15, -0.1) is 0 Å². The zero-order valence-corrected chi connectivity index (χ0v) is 38.4. The Morgan fingerprint density at radius 1 is 0.603 bits per heavy atom. The first-order valence-corrected chi connectivity index (χ1v) is 24.1. The molecule has 0 aliphatic carbocycles. The first-order chi connectivity index (χ1) is 28.0. The Bertz CT molecular complexity index is 1260. The van der Waals surface area contributed by atoms with Crippen LogP contribution in [0.5, 0.6) is 0 Å². The summed E-state index contributed by atoms with van der Waals surface area (Å²) in [5.41, 5.74) is 0. The summed E-state index contributed by atoms with van der Waals surface area (Å²) in [6.07, 6.45) is 56.2. The van der Waals surface area contributed by atoms with Crippen molar-refractivity contribution in [2.24, 2.45) is 0 Å². The Morgan fingerprint density at radius 2 is 1.03 bits per heavy atom. The van der Waals surface area contributed by atoms with E-state index in [1.807, 2.05) is 27.2 Å². The first-order valence-electron chi connectivity index (χ1n) is 22.6. The zero-order chi connectivity index (χ0) is 42.8. The molecule has 0 aromatic carbocycles. The Balaban J connectivity index is 4.43. The van der Waals surface area contributed by atoms with E-state index >= 15 is 0 Å². The van der Waals surface area contributed by atoms with Gasteiger partial charge in [-0.3, -0.25) is 13.8 Å². The topological polar surface area (TPSA) is 105 Å². The van der Waals surface area contributed by atoms with Gasteiger partial charge in [0.05, 0.1) is 39.9 Å². The van der Waals surface area contributed by atoms with Gasteiger partial charge >= 0.3 is 7.82 Å². The van der Waals surface area contributed by atoms with Crippen molar-refractivity contribution in [2.75, 3.05) is 40.9 Å². The highest BCUT2D eigenvalue weighted by Gasteiger charge is 2.27. The summed E-state index contributed by atoms with van der Waals surface area (Å²) in [6, 6.07) is -0.869. The largest absolute Gasteiger partial charge is 0.472 e. The summed E-state index contributed by atoms with van der Waals surface area (Å²) >= 11 is 0. The van der Waals surface area contributed by atoms with Gasteiger partial charge in [0, 0.05) is 6.42 Å². The van der Waals surface area contributed by atoms with Crippen LogP contribution in [-0.2, 0) is 18.4 Å². The number of aliphatic hydroxyl groups excluding tert-OH is 1. The van der Waals surface area contributed by atoms with E-state index in [0.29, 0.717) is 17.4 Å². The first kappa shape index (κ1) is 55.4. The van der Waals surface area contributed by atoms with E-state index in [1.165, 1.54) is 44.9 Å². The molecule has 332 valence electrons. The second kappa shape index (κ2) is 39.9. The molecule has 0 saturated heterocycles. The van der Waals surface area contributed by atoms with Gasteiger partial charge in [0.1, 0.15) is 13.2 Å². The molecule has 0 aromatic rings. The number of rotatable bonds is 39. The average molecular weight is 830 g/mol. The van der Waals surface area contributed by atoms with E-state index < -0.39 is 20.0 Å². The van der Waals surface area contributed by atoms with Gasteiger partial charge in [-0.2, -0.15) is 0 Å². The van der Waals surface area contributed by atoms with Crippen LogP contribution in [0.3, 0.4) is 0 Å². The molecule has 0 aromatic heterocycles. The summed E-state index contributed by atoms with van der Waals surface area (Å²) in [4.78, 5) is 23.1. The number of likely N-dealkylation sites (N-methyl/N-ethyl adjacent to an activating group) is 1. The standard InChI is InChI=1S/C49H85N2O6P/c1-6-8-10-12-14-16-18-19-20-21-22-23-24-25-26-27-28-29-30-31-33-35-37-39-41-43-49(53)50-47(46-57-58(54,55)56-45-44-51(3,4)5)48(52)42-40-38-36-34-32-17-15-13-11-9-7-2/h8,10,14,16,19-20,22-23,25-26,28-29,31,33,40,42,47-48,52H,6-7,9,11-13,15,17-18,21,24,27,30,32,34-39,41,43-46H2,1-5H3,(H-,50,53,54,55)/p+1/b10-8-,16-14-,20-19-,23-22-,26-25-,29-28-,33-31-,42-40+. The summed E-state index contributed by atoms with van der Waals surface area (Å²) in [7, 11) is 1.53. The number of amides is 1. The maximum atomic E-state index is 12.9. The smallest absolute Gasteiger partial charge is 0.387 e. The molecule has 0 heterocycles. The minimum atomic E-state index is -4.35. The third kappa shape index (κ3) is 41.6. The highest BCUT2D eigenvalue weighted by atomic mass is 31.2. The van der Waals surface area contributed by atoms with Gasteiger partial charge in [-0.25, -0.2) is 4.57 Å². The normalized spacial score (nSPS) is 15.2. The predicted molar refractivity (Wildman–Crippen MR) is 249 cm³/mol. The van der Waals surface area contributed by atoms with Gasteiger partial charge in [0.2, 0.25) is 5.91 Å². The van der Waals surface area contributed by atoms with Crippen molar-refractivity contribution in [3.63, 3.8) is 0 Å². The highest BCUT2D eigenvalue weighted by Crippen LogP contribution is 2.43. The predicted octanol–water partition coefficient (Wildman–Crippen LogP) is 12.7. The fraction of sp³-hybridized carbons (Fsp3) is 0.653. The lowest BCUT2D eigenvalue weighted by molar-refractivity contribution is -0.870. The molecule has 0 rings (SSSR count). The fourth-order valence-corrected chi connectivity index (χ4v) is 6.46. The second-order valence-corrected chi connectivity index (χ2v) is 17.5. The van der Waals surface area contributed by atoms with Crippen LogP contribution in [0.4, 0.5) is 0 Å². The SMILES string of the molecule is CC/C=C\C/C=C\C/C=C\C/C=C\C/C=C\C/C=C\C/C=C\CCCCCC(=O)NC(COP(=O)(O)OCC[N+](C)(C)C)C(O)/C=C/CCCCCCCCCCC. The number of nitrogens with zero attached hydrogens (tertiary/aromatic N) is 1. The Hall–Kier alpha value is -2.58. The van der Waals surface area contributed by atoms with Crippen LogP contribution < -0.4 is 5.32 Å². The third-order valence-electron chi connectivity index (χ3n) is 9.31. The number of unbranched alkanes of at least 4 members (excludes halogenated alkanes) is 12. The lowest BCUT2D eigenvalue weighted by Gasteiger charge is -2.25. The molecule has 58 heavy (non-hydrogen) atoms. The molecule has 9 heteroatoms. The number of hydrogen-bond donors (Lipinski definition) is 3. The van der Waals surface area contributed by atoms with Crippen molar-refractivity contribution in [1.29, 1.82) is 0 Å². The van der Waals surface area contributed by atoms with Gasteiger partial charge in [-0.1, -0.05) is 169 Å². The number of carbonyl (C=O) groups is 1. The number of allylic oxidation sites excluding steroid dienone is 15. The van der Waals surface area contributed by atoms with E-state index in [-0.39, 0.29) is 19.1 Å². The molecular formula is C49H86N2O6P+. The molecule has 0 saturated carbocycles. The lowest BCUT2D eigenvalue weighted by Crippen LogP contribution is -2.45. The van der Waals surface area contributed by atoms with Crippen molar-refractivity contribution in [1.82, 2.24) is 5.32 Å². The molecule has 0 radical (unpaired) electrons. The Labute approximate surface area is 356 Å². The maximum absolute atomic E-state index is 12.9. The maximum Gasteiger partial charge on any atom is 0.472 e. The molecule has 0 bridgehead atoms. The van der Waals surface area contributed by atoms with Crippen molar-refractivity contribution in [2.45, 2.75) is 167 Å². The van der Waals surface area contributed by atoms with Gasteiger partial charge in [0.15, 0.2) is 0 Å². The average Bonchev–Trinajstić information content (AvgIpc) is 3.17.